The molecular formula is C13H15Cl2Zr. The Hall–Kier alpha value is 0.423. The molecule has 85 valence electrons. The number of halogens is 2. The van der Waals surface area contributed by atoms with Crippen LogP contribution in [0, 0.1) is 12.0 Å². The summed E-state index contributed by atoms with van der Waals surface area (Å²) in [6.45, 7) is 6.57. The average Bonchev–Trinajstić information content (AvgIpc) is 2.70. The third-order valence-corrected chi connectivity index (χ3v) is 3.12. The standard InChI is InChI=1S/C13H15.2ClH.Zr/c1-9-8-13(11(3)10(9)2)12-6-4-5-7-12;;;/h4-6,13H,7H2,1-3H3;2*1H;/q-1;;;+3/p-2. The van der Waals surface area contributed by atoms with Crippen LogP contribution in [0.3, 0.4) is 0 Å². The van der Waals surface area contributed by atoms with Gasteiger partial charge in [0.05, 0.1) is 0 Å². The Bertz CT molecular complexity index is 362. The number of hydrogen-bond acceptors (Lipinski definition) is 0. The Kier molecular flexibility index (Phi) is 9.03. The third-order valence-electron chi connectivity index (χ3n) is 3.12. The van der Waals surface area contributed by atoms with E-state index in [4.69, 9.17) is 0 Å². The number of allylic oxidation sites excluding steroid dienone is 8. The summed E-state index contributed by atoms with van der Waals surface area (Å²) in [7, 11) is 0. The van der Waals surface area contributed by atoms with Crippen LogP contribution >= 0.6 is 0 Å². The predicted molar refractivity (Wildman–Crippen MR) is 56.1 cm³/mol. The molecule has 0 aromatic heterocycles. The van der Waals surface area contributed by atoms with Crippen LogP contribution in [0.2, 0.25) is 0 Å². The largest absolute Gasteiger partial charge is 3.00 e. The molecule has 16 heavy (non-hydrogen) atoms. The van der Waals surface area contributed by atoms with Gasteiger partial charge in [-0.25, -0.2) is 5.57 Å². The molecule has 2 aliphatic carbocycles. The van der Waals surface area contributed by atoms with Crippen LogP contribution in [-0.2, 0) is 26.2 Å². The Labute approximate surface area is 130 Å². The monoisotopic (exact) mass is 331 g/mol. The van der Waals surface area contributed by atoms with Gasteiger partial charge >= 0.3 is 26.2 Å². The van der Waals surface area contributed by atoms with Gasteiger partial charge in [-0.1, -0.05) is 43.6 Å². The molecule has 0 saturated heterocycles. The maximum absolute atomic E-state index is 3.53. The maximum atomic E-state index is 3.53. The second-order valence-electron chi connectivity index (χ2n) is 3.88. The molecule has 0 fully saturated rings. The summed E-state index contributed by atoms with van der Waals surface area (Å²) in [6.07, 6.45) is 11.2. The summed E-state index contributed by atoms with van der Waals surface area (Å²) in [5.41, 5.74) is 5.73. The SMILES string of the molecule is CC1=[C-]C(C2=CC=CC2)C(C)=C1C.[Cl-].[Cl-].[Zr+3]. The molecule has 0 amide bonds. The summed E-state index contributed by atoms with van der Waals surface area (Å²) in [4.78, 5) is 0. The van der Waals surface area contributed by atoms with Gasteiger partial charge in [-0.2, -0.15) is 11.1 Å². The van der Waals surface area contributed by atoms with E-state index >= 15 is 0 Å². The molecule has 0 N–H and O–H groups in total. The van der Waals surface area contributed by atoms with E-state index in [9.17, 15) is 0 Å². The molecule has 0 aromatic rings. The van der Waals surface area contributed by atoms with Crippen LogP contribution in [0.25, 0.3) is 0 Å². The Morgan fingerprint density at radius 2 is 1.81 bits per heavy atom. The van der Waals surface area contributed by atoms with Crippen molar-refractivity contribution in [3.8, 4) is 0 Å². The molecule has 0 saturated carbocycles. The molecule has 0 aliphatic heterocycles. The molecule has 0 heterocycles. The fourth-order valence-electron chi connectivity index (χ4n) is 1.99. The normalized spacial score (nSPS) is 21.8. The van der Waals surface area contributed by atoms with Crippen molar-refractivity contribution in [3.05, 3.63) is 46.6 Å². The van der Waals surface area contributed by atoms with Gasteiger partial charge in [-0.15, -0.1) is 6.92 Å². The van der Waals surface area contributed by atoms with Crippen molar-refractivity contribution in [3.63, 3.8) is 0 Å². The molecule has 0 aromatic carbocycles. The summed E-state index contributed by atoms with van der Waals surface area (Å²) < 4.78 is 0. The van der Waals surface area contributed by atoms with E-state index in [1.165, 1.54) is 22.3 Å². The smallest absolute Gasteiger partial charge is 1.00 e. The van der Waals surface area contributed by atoms with Crippen molar-refractivity contribution in [2.75, 3.05) is 0 Å². The summed E-state index contributed by atoms with van der Waals surface area (Å²) in [5, 5.41) is 0. The van der Waals surface area contributed by atoms with E-state index in [-0.39, 0.29) is 51.0 Å². The first-order valence-corrected chi connectivity index (χ1v) is 4.83. The predicted octanol–water partition coefficient (Wildman–Crippen LogP) is -2.41. The van der Waals surface area contributed by atoms with E-state index in [0.717, 1.165) is 6.42 Å². The third kappa shape index (κ3) is 3.46. The van der Waals surface area contributed by atoms with Crippen LogP contribution in [-0.4, -0.2) is 0 Å². The van der Waals surface area contributed by atoms with Crippen LogP contribution in [0.4, 0.5) is 0 Å². The topological polar surface area (TPSA) is 0 Å². The van der Waals surface area contributed by atoms with E-state index in [0.29, 0.717) is 5.92 Å². The Morgan fingerprint density at radius 1 is 1.19 bits per heavy atom. The van der Waals surface area contributed by atoms with Gasteiger partial charge in [-0.05, 0) is 6.42 Å². The van der Waals surface area contributed by atoms with Crippen molar-refractivity contribution in [2.45, 2.75) is 27.2 Å². The molecule has 2 rings (SSSR count). The fourth-order valence-corrected chi connectivity index (χ4v) is 1.99. The Morgan fingerprint density at radius 3 is 2.19 bits per heavy atom. The minimum atomic E-state index is 0. The molecule has 0 spiro atoms. The van der Waals surface area contributed by atoms with Gasteiger partial charge in [0.25, 0.3) is 0 Å². The van der Waals surface area contributed by atoms with Gasteiger partial charge in [-0.3, -0.25) is 6.08 Å². The molecule has 0 bridgehead atoms. The molecule has 1 atom stereocenters. The van der Waals surface area contributed by atoms with Crippen LogP contribution < -0.4 is 24.8 Å². The van der Waals surface area contributed by atoms with Gasteiger partial charge in [0, 0.05) is 0 Å². The minimum absolute atomic E-state index is 0. The molecule has 1 unspecified atom stereocenters. The zero-order chi connectivity index (χ0) is 9.42. The van der Waals surface area contributed by atoms with E-state index in [2.05, 4.69) is 45.1 Å². The van der Waals surface area contributed by atoms with E-state index in [1.807, 2.05) is 0 Å². The van der Waals surface area contributed by atoms with Crippen molar-refractivity contribution in [2.24, 2.45) is 5.92 Å². The quantitative estimate of drug-likeness (QED) is 0.469. The first-order chi connectivity index (χ1) is 6.20. The molecule has 2 aliphatic rings. The second kappa shape index (κ2) is 7.69. The van der Waals surface area contributed by atoms with Crippen molar-refractivity contribution < 1.29 is 51.0 Å². The zero-order valence-corrected chi connectivity index (χ0v) is 13.7. The van der Waals surface area contributed by atoms with Crippen molar-refractivity contribution in [1.82, 2.24) is 0 Å². The summed E-state index contributed by atoms with van der Waals surface area (Å²) in [5.74, 6) is 0.468. The summed E-state index contributed by atoms with van der Waals surface area (Å²) >= 11 is 0. The van der Waals surface area contributed by atoms with Gasteiger partial charge in [0.1, 0.15) is 0 Å². The van der Waals surface area contributed by atoms with Crippen LogP contribution in [0.1, 0.15) is 27.2 Å². The first kappa shape index (κ1) is 18.8. The second-order valence-corrected chi connectivity index (χ2v) is 3.88. The number of hydrogen-bond donors (Lipinski definition) is 0. The zero-order valence-electron chi connectivity index (χ0n) is 9.77. The fraction of sp³-hybridized carbons (Fsp3) is 0.385. The van der Waals surface area contributed by atoms with Gasteiger partial charge in [0.15, 0.2) is 0 Å². The van der Waals surface area contributed by atoms with Crippen LogP contribution in [0.5, 0.6) is 0 Å². The maximum Gasteiger partial charge on any atom is 3.00 e. The van der Waals surface area contributed by atoms with E-state index < -0.39 is 0 Å². The van der Waals surface area contributed by atoms with Gasteiger partial charge < -0.3 is 24.8 Å². The molecule has 3 heteroatoms. The molecule has 0 nitrogen and oxygen atoms in total. The molecular weight excluding hydrogens is 318 g/mol. The van der Waals surface area contributed by atoms with Crippen molar-refractivity contribution in [1.29, 1.82) is 0 Å². The molecule has 1 radical (unpaired) electrons. The van der Waals surface area contributed by atoms with Crippen molar-refractivity contribution >= 4 is 0 Å². The van der Waals surface area contributed by atoms with Gasteiger partial charge in [0.2, 0.25) is 0 Å². The first-order valence-electron chi connectivity index (χ1n) is 4.83. The summed E-state index contributed by atoms with van der Waals surface area (Å²) in [6, 6.07) is 0. The number of rotatable bonds is 1. The van der Waals surface area contributed by atoms with Crippen LogP contribution in [0.15, 0.2) is 40.5 Å². The average molecular weight is 333 g/mol. The Balaban J connectivity index is 0. The minimum Gasteiger partial charge on any atom is -1.00 e. The van der Waals surface area contributed by atoms with E-state index in [1.54, 1.807) is 0 Å².